The van der Waals surface area contributed by atoms with Gasteiger partial charge in [-0.15, -0.1) is 0 Å². The third-order valence-electron chi connectivity index (χ3n) is 4.27. The minimum atomic E-state index is -0.331. The van der Waals surface area contributed by atoms with Gasteiger partial charge in [0, 0.05) is 5.02 Å². The van der Waals surface area contributed by atoms with Crippen molar-refractivity contribution in [2.24, 2.45) is 0 Å². The van der Waals surface area contributed by atoms with Crippen LogP contribution in [-0.2, 0) is 4.79 Å². The molecule has 1 amide bonds. The molecule has 2 aromatic heterocycles. The van der Waals surface area contributed by atoms with E-state index in [1.807, 2.05) is 25.1 Å². The van der Waals surface area contributed by atoms with Crippen LogP contribution in [0.3, 0.4) is 0 Å². The van der Waals surface area contributed by atoms with Gasteiger partial charge in [0.25, 0.3) is 5.56 Å². The Kier molecular flexibility index (Phi) is 6.24. The van der Waals surface area contributed by atoms with E-state index in [4.69, 9.17) is 16.3 Å². The lowest BCUT2D eigenvalue weighted by molar-refractivity contribution is -0.113. The number of nitrogens with zero attached hydrogens (tertiary/aromatic N) is 3. The fraction of sp³-hybridized carbons (Fsp3) is 0.143. The van der Waals surface area contributed by atoms with Gasteiger partial charge in [-0.25, -0.2) is 9.67 Å². The van der Waals surface area contributed by atoms with E-state index in [1.54, 1.807) is 35.0 Å². The van der Waals surface area contributed by atoms with Gasteiger partial charge in [0.2, 0.25) is 5.91 Å². The SMILES string of the molecule is CCOc1ccccc1NC(=O)CSc1nc2c(cnn2-c2cccc(Cl)c2)c(=O)[nH]1. The lowest BCUT2D eigenvalue weighted by Crippen LogP contribution is -2.16. The maximum absolute atomic E-state index is 12.5. The van der Waals surface area contributed by atoms with Gasteiger partial charge in [0.05, 0.1) is 29.9 Å². The molecule has 0 aliphatic heterocycles. The summed E-state index contributed by atoms with van der Waals surface area (Å²) < 4.78 is 7.06. The Bertz CT molecular complexity index is 1300. The molecule has 2 N–H and O–H groups in total. The summed E-state index contributed by atoms with van der Waals surface area (Å²) in [6, 6.07) is 14.3. The van der Waals surface area contributed by atoms with E-state index in [1.165, 1.54) is 6.20 Å². The maximum atomic E-state index is 12.5. The molecule has 10 heteroatoms. The second kappa shape index (κ2) is 9.23. The Morgan fingerprint density at radius 2 is 2.10 bits per heavy atom. The van der Waals surface area contributed by atoms with Crippen LogP contribution in [0.5, 0.6) is 5.75 Å². The number of ether oxygens (including phenoxy) is 1. The van der Waals surface area contributed by atoms with Gasteiger partial charge < -0.3 is 15.0 Å². The summed E-state index contributed by atoms with van der Waals surface area (Å²) in [4.78, 5) is 32.1. The fourth-order valence-corrected chi connectivity index (χ4v) is 3.78. The molecule has 2 aromatic carbocycles. The first kappa shape index (κ1) is 21.0. The van der Waals surface area contributed by atoms with Crippen LogP contribution in [0.4, 0.5) is 5.69 Å². The highest BCUT2D eigenvalue weighted by Gasteiger charge is 2.14. The number of rotatable bonds is 7. The van der Waals surface area contributed by atoms with Gasteiger partial charge in [-0.3, -0.25) is 9.59 Å². The lowest BCUT2D eigenvalue weighted by Gasteiger charge is -2.11. The van der Waals surface area contributed by atoms with Crippen LogP contribution in [0.25, 0.3) is 16.7 Å². The normalized spacial score (nSPS) is 10.9. The van der Waals surface area contributed by atoms with E-state index >= 15 is 0 Å². The topological polar surface area (TPSA) is 102 Å². The van der Waals surface area contributed by atoms with E-state index in [2.05, 4.69) is 20.4 Å². The lowest BCUT2D eigenvalue weighted by atomic mass is 10.3. The molecule has 0 bridgehead atoms. The van der Waals surface area contributed by atoms with Crippen LogP contribution >= 0.6 is 23.4 Å². The summed E-state index contributed by atoms with van der Waals surface area (Å²) in [5.41, 5.74) is 1.33. The van der Waals surface area contributed by atoms with Gasteiger partial charge in [-0.2, -0.15) is 5.10 Å². The quantitative estimate of drug-likeness (QED) is 0.324. The highest BCUT2D eigenvalue weighted by molar-refractivity contribution is 7.99. The molecule has 4 aromatic rings. The number of para-hydroxylation sites is 2. The van der Waals surface area contributed by atoms with Gasteiger partial charge in [0.1, 0.15) is 11.1 Å². The zero-order chi connectivity index (χ0) is 21.8. The molecule has 0 atom stereocenters. The minimum absolute atomic E-state index is 0.0558. The van der Waals surface area contributed by atoms with Crippen molar-refractivity contribution in [2.75, 3.05) is 17.7 Å². The molecule has 8 nitrogen and oxygen atoms in total. The van der Waals surface area contributed by atoms with Crippen LogP contribution in [0, 0.1) is 0 Å². The van der Waals surface area contributed by atoms with Crippen LogP contribution in [0.1, 0.15) is 6.92 Å². The van der Waals surface area contributed by atoms with Crippen LogP contribution in [-0.4, -0.2) is 38.0 Å². The molecular weight excluding hydrogens is 438 g/mol. The van der Waals surface area contributed by atoms with E-state index in [-0.39, 0.29) is 17.2 Å². The predicted molar refractivity (Wildman–Crippen MR) is 121 cm³/mol. The first-order chi connectivity index (χ1) is 15.0. The first-order valence-corrected chi connectivity index (χ1v) is 10.8. The van der Waals surface area contributed by atoms with Crippen molar-refractivity contribution in [3.63, 3.8) is 0 Å². The van der Waals surface area contributed by atoms with Gasteiger partial charge >= 0.3 is 0 Å². The molecule has 0 saturated heterocycles. The largest absolute Gasteiger partial charge is 0.492 e. The van der Waals surface area contributed by atoms with Crippen LogP contribution in [0.15, 0.2) is 64.7 Å². The zero-order valence-corrected chi connectivity index (χ0v) is 18.0. The summed E-state index contributed by atoms with van der Waals surface area (Å²) in [5, 5.41) is 8.29. The number of halogens is 1. The molecule has 31 heavy (non-hydrogen) atoms. The number of anilines is 1. The summed E-state index contributed by atoms with van der Waals surface area (Å²) in [6.45, 7) is 2.37. The molecular formula is C21H18ClN5O3S. The van der Waals surface area contributed by atoms with E-state index in [0.29, 0.717) is 44.9 Å². The second-order valence-corrected chi connectivity index (χ2v) is 7.81. The Hall–Kier alpha value is -3.30. The number of carbonyl (C=O) groups is 1. The summed E-state index contributed by atoms with van der Waals surface area (Å²) in [7, 11) is 0. The van der Waals surface area contributed by atoms with Crippen molar-refractivity contribution < 1.29 is 9.53 Å². The number of nitrogens with one attached hydrogen (secondary N) is 2. The molecule has 2 heterocycles. The molecule has 0 radical (unpaired) electrons. The Morgan fingerprint density at radius 1 is 1.26 bits per heavy atom. The number of hydrogen-bond donors (Lipinski definition) is 2. The molecule has 158 valence electrons. The summed E-state index contributed by atoms with van der Waals surface area (Å²) in [5.74, 6) is 0.408. The number of carbonyl (C=O) groups excluding carboxylic acids is 1. The number of fused-ring (bicyclic) bond motifs is 1. The third kappa shape index (κ3) is 4.73. The number of aromatic nitrogens is 4. The van der Waals surface area contributed by atoms with Crippen molar-refractivity contribution in [3.05, 3.63) is 70.1 Å². The summed E-state index contributed by atoms with van der Waals surface area (Å²) in [6.07, 6.45) is 1.45. The third-order valence-corrected chi connectivity index (χ3v) is 5.38. The number of amides is 1. The minimum Gasteiger partial charge on any atom is -0.492 e. The standard InChI is InChI=1S/C21H18ClN5O3S/c1-2-30-17-9-4-3-8-16(17)24-18(28)12-31-21-25-19-15(20(29)26-21)11-23-27(19)14-7-5-6-13(22)10-14/h3-11H,2,12H2,1H3,(H,24,28)(H,25,26,29). The zero-order valence-electron chi connectivity index (χ0n) is 16.5. The number of hydrogen-bond acceptors (Lipinski definition) is 6. The van der Waals surface area contributed by atoms with Gasteiger partial charge in [0.15, 0.2) is 10.8 Å². The highest BCUT2D eigenvalue weighted by atomic mass is 35.5. The molecule has 0 fully saturated rings. The maximum Gasteiger partial charge on any atom is 0.262 e. The number of aromatic amines is 1. The molecule has 0 spiro atoms. The predicted octanol–water partition coefficient (Wildman–Crippen LogP) is 3.89. The smallest absolute Gasteiger partial charge is 0.262 e. The molecule has 0 aliphatic rings. The first-order valence-electron chi connectivity index (χ1n) is 9.43. The van der Waals surface area contributed by atoms with E-state index in [0.717, 1.165) is 11.8 Å². The molecule has 0 saturated carbocycles. The van der Waals surface area contributed by atoms with Crippen LogP contribution in [0.2, 0.25) is 5.02 Å². The second-order valence-electron chi connectivity index (χ2n) is 6.41. The average Bonchev–Trinajstić information content (AvgIpc) is 3.18. The van der Waals surface area contributed by atoms with E-state index < -0.39 is 0 Å². The van der Waals surface area contributed by atoms with Gasteiger partial charge in [-0.1, -0.05) is 41.6 Å². The number of thioether (sulfide) groups is 1. The fourth-order valence-electron chi connectivity index (χ4n) is 2.93. The number of H-pyrrole nitrogens is 1. The van der Waals surface area contributed by atoms with Gasteiger partial charge in [-0.05, 0) is 37.3 Å². The average molecular weight is 456 g/mol. The van der Waals surface area contributed by atoms with E-state index in [9.17, 15) is 9.59 Å². The monoisotopic (exact) mass is 455 g/mol. The Balaban J connectivity index is 1.53. The number of benzene rings is 2. The Labute approximate surface area is 186 Å². The highest BCUT2D eigenvalue weighted by Crippen LogP contribution is 2.24. The van der Waals surface area contributed by atoms with Crippen molar-refractivity contribution >= 4 is 46.0 Å². The van der Waals surface area contributed by atoms with Crippen molar-refractivity contribution in [1.29, 1.82) is 0 Å². The van der Waals surface area contributed by atoms with Crippen molar-refractivity contribution in [2.45, 2.75) is 12.1 Å². The molecule has 4 rings (SSSR count). The van der Waals surface area contributed by atoms with Crippen LogP contribution < -0.4 is 15.6 Å². The van der Waals surface area contributed by atoms with Crippen molar-refractivity contribution in [1.82, 2.24) is 19.7 Å². The summed E-state index contributed by atoms with van der Waals surface area (Å²) >= 11 is 7.19. The van der Waals surface area contributed by atoms with Crippen molar-refractivity contribution in [3.8, 4) is 11.4 Å². The Morgan fingerprint density at radius 3 is 2.90 bits per heavy atom. The molecule has 0 aliphatic carbocycles. The molecule has 0 unspecified atom stereocenters.